The van der Waals surface area contributed by atoms with E-state index in [1.165, 1.54) is 5.56 Å². The predicted molar refractivity (Wildman–Crippen MR) is 95.6 cm³/mol. The van der Waals surface area contributed by atoms with E-state index in [4.69, 9.17) is 11.6 Å². The smallest absolute Gasteiger partial charge is 0.251 e. The zero-order chi connectivity index (χ0) is 17.3. The Labute approximate surface area is 146 Å². The van der Waals surface area contributed by atoms with E-state index < -0.39 is 0 Å². The Kier molecular flexibility index (Phi) is 4.58. The van der Waals surface area contributed by atoms with Crippen LogP contribution in [0.3, 0.4) is 0 Å². The molecule has 3 rings (SSSR count). The van der Waals surface area contributed by atoms with Crippen molar-refractivity contribution in [2.75, 3.05) is 11.4 Å². The minimum absolute atomic E-state index is 0.0275. The fraction of sp³-hybridized carbons (Fsp3) is 0.263. The fourth-order valence-electron chi connectivity index (χ4n) is 2.82. The van der Waals surface area contributed by atoms with Gasteiger partial charge in [0.25, 0.3) is 5.91 Å². The number of anilines is 1. The van der Waals surface area contributed by atoms with Crippen LogP contribution in [0.5, 0.6) is 0 Å². The van der Waals surface area contributed by atoms with Gasteiger partial charge in [0.05, 0.1) is 6.04 Å². The highest BCUT2D eigenvalue weighted by molar-refractivity contribution is 6.30. The van der Waals surface area contributed by atoms with Crippen LogP contribution in [-0.2, 0) is 4.79 Å². The summed E-state index contributed by atoms with van der Waals surface area (Å²) in [4.78, 5) is 26.3. The zero-order valence-corrected chi connectivity index (χ0v) is 14.4. The van der Waals surface area contributed by atoms with Crippen LogP contribution in [0.25, 0.3) is 0 Å². The van der Waals surface area contributed by atoms with Crippen molar-refractivity contribution < 1.29 is 9.59 Å². The summed E-state index contributed by atoms with van der Waals surface area (Å²) in [5, 5.41) is 3.51. The van der Waals surface area contributed by atoms with Gasteiger partial charge in [-0.2, -0.15) is 0 Å². The molecular formula is C19H19ClN2O2. The summed E-state index contributed by atoms with van der Waals surface area (Å²) in [5.41, 5.74) is 3.76. The quantitative estimate of drug-likeness (QED) is 0.928. The van der Waals surface area contributed by atoms with Crippen molar-refractivity contribution in [1.29, 1.82) is 0 Å². The molecule has 0 aliphatic carbocycles. The van der Waals surface area contributed by atoms with Crippen LogP contribution in [0.1, 0.15) is 27.9 Å². The van der Waals surface area contributed by atoms with Crippen molar-refractivity contribution in [3.05, 3.63) is 64.2 Å². The van der Waals surface area contributed by atoms with E-state index in [0.717, 1.165) is 11.3 Å². The first-order valence-electron chi connectivity index (χ1n) is 7.88. The van der Waals surface area contributed by atoms with E-state index in [-0.39, 0.29) is 17.9 Å². The fourth-order valence-corrected chi connectivity index (χ4v) is 2.94. The predicted octanol–water partition coefficient (Wildman–Crippen LogP) is 3.49. The molecule has 1 saturated heterocycles. The summed E-state index contributed by atoms with van der Waals surface area (Å²) in [5.74, 6) is -0.161. The number of hydrogen-bond donors (Lipinski definition) is 1. The Bertz CT molecular complexity index is 786. The summed E-state index contributed by atoms with van der Waals surface area (Å²) >= 11 is 5.83. The number of halogens is 1. The summed E-state index contributed by atoms with van der Waals surface area (Å²) in [6, 6.07) is 12.5. The van der Waals surface area contributed by atoms with Crippen LogP contribution >= 0.6 is 11.6 Å². The summed E-state index contributed by atoms with van der Waals surface area (Å²) in [6.45, 7) is 4.56. The van der Waals surface area contributed by atoms with Crippen LogP contribution in [0.15, 0.2) is 42.5 Å². The summed E-state index contributed by atoms with van der Waals surface area (Å²) in [7, 11) is 0. The molecule has 1 aliphatic heterocycles. The van der Waals surface area contributed by atoms with Crippen LogP contribution in [-0.4, -0.2) is 24.4 Å². The maximum atomic E-state index is 12.3. The average Bonchev–Trinajstić information content (AvgIpc) is 2.91. The first kappa shape index (κ1) is 16.5. The van der Waals surface area contributed by atoms with Gasteiger partial charge in [-0.25, -0.2) is 0 Å². The number of rotatable bonds is 3. The number of carbonyl (C=O) groups is 2. The second-order valence-corrected chi connectivity index (χ2v) is 6.59. The molecule has 2 aromatic carbocycles. The first-order valence-corrected chi connectivity index (χ1v) is 8.26. The first-order chi connectivity index (χ1) is 11.4. The number of benzene rings is 2. The van der Waals surface area contributed by atoms with Crippen molar-refractivity contribution in [2.24, 2.45) is 0 Å². The van der Waals surface area contributed by atoms with Crippen molar-refractivity contribution in [3.63, 3.8) is 0 Å². The van der Waals surface area contributed by atoms with Crippen LogP contribution in [0.2, 0.25) is 5.02 Å². The largest absolute Gasteiger partial charge is 0.347 e. The molecule has 0 radical (unpaired) electrons. The Morgan fingerprint density at radius 1 is 1.12 bits per heavy atom. The molecule has 1 atom stereocenters. The summed E-state index contributed by atoms with van der Waals surface area (Å²) in [6.07, 6.45) is 0.312. The monoisotopic (exact) mass is 342 g/mol. The van der Waals surface area contributed by atoms with Gasteiger partial charge >= 0.3 is 0 Å². The Hall–Kier alpha value is -2.33. The third-order valence-corrected chi connectivity index (χ3v) is 4.62. The third-order valence-electron chi connectivity index (χ3n) is 4.37. The number of amides is 2. The van der Waals surface area contributed by atoms with Gasteiger partial charge in [0.2, 0.25) is 5.91 Å². The van der Waals surface area contributed by atoms with Gasteiger partial charge in [0.15, 0.2) is 0 Å². The van der Waals surface area contributed by atoms with Crippen molar-refractivity contribution in [1.82, 2.24) is 5.32 Å². The lowest BCUT2D eigenvalue weighted by molar-refractivity contribution is -0.117. The Balaban J connectivity index is 1.69. The maximum absolute atomic E-state index is 12.3. The molecule has 5 heteroatoms. The number of carbonyl (C=O) groups excluding carboxylic acids is 2. The highest BCUT2D eigenvalue weighted by atomic mass is 35.5. The molecule has 0 aromatic heterocycles. The molecule has 0 saturated carbocycles. The summed E-state index contributed by atoms with van der Waals surface area (Å²) < 4.78 is 0. The van der Waals surface area contributed by atoms with Gasteiger partial charge in [-0.15, -0.1) is 0 Å². The van der Waals surface area contributed by atoms with Gasteiger partial charge in [0, 0.05) is 29.2 Å². The lowest BCUT2D eigenvalue weighted by Crippen LogP contribution is -2.37. The van der Waals surface area contributed by atoms with Crippen LogP contribution < -0.4 is 10.2 Å². The third kappa shape index (κ3) is 3.44. The van der Waals surface area contributed by atoms with Crippen molar-refractivity contribution in [3.8, 4) is 0 Å². The van der Waals surface area contributed by atoms with E-state index in [1.54, 1.807) is 29.2 Å². The Morgan fingerprint density at radius 3 is 2.50 bits per heavy atom. The number of nitrogens with zero attached hydrogens (tertiary/aromatic N) is 1. The van der Waals surface area contributed by atoms with Crippen LogP contribution in [0, 0.1) is 13.8 Å². The van der Waals surface area contributed by atoms with Crippen molar-refractivity contribution in [2.45, 2.75) is 26.3 Å². The van der Waals surface area contributed by atoms with Crippen LogP contribution in [0.4, 0.5) is 5.69 Å². The molecular weight excluding hydrogens is 324 g/mol. The molecule has 0 bridgehead atoms. The van der Waals surface area contributed by atoms with Crippen molar-refractivity contribution >= 4 is 29.1 Å². The van der Waals surface area contributed by atoms with Gasteiger partial charge in [-0.05, 0) is 61.4 Å². The SMILES string of the molecule is Cc1ccc(N2C[C@H](NC(=O)c3ccc(Cl)cc3)CC2=O)cc1C. The lowest BCUT2D eigenvalue weighted by atomic mass is 10.1. The van der Waals surface area contributed by atoms with Gasteiger partial charge in [0.1, 0.15) is 0 Å². The molecule has 1 fully saturated rings. The second-order valence-electron chi connectivity index (χ2n) is 6.15. The van der Waals surface area contributed by atoms with E-state index >= 15 is 0 Å². The molecule has 2 amide bonds. The molecule has 24 heavy (non-hydrogen) atoms. The van der Waals surface area contributed by atoms with E-state index in [2.05, 4.69) is 5.32 Å². The Morgan fingerprint density at radius 2 is 1.83 bits per heavy atom. The molecule has 2 aromatic rings. The van der Waals surface area contributed by atoms with E-state index in [1.807, 2.05) is 32.0 Å². The number of nitrogens with one attached hydrogen (secondary N) is 1. The number of aryl methyl sites for hydroxylation is 2. The van der Waals surface area contributed by atoms with Gasteiger partial charge in [-0.3, -0.25) is 9.59 Å². The molecule has 1 heterocycles. The highest BCUT2D eigenvalue weighted by Gasteiger charge is 2.31. The van der Waals surface area contributed by atoms with Gasteiger partial charge in [-0.1, -0.05) is 17.7 Å². The molecule has 4 nitrogen and oxygen atoms in total. The molecule has 1 N–H and O–H groups in total. The minimum Gasteiger partial charge on any atom is -0.347 e. The maximum Gasteiger partial charge on any atom is 0.251 e. The lowest BCUT2D eigenvalue weighted by Gasteiger charge is -2.18. The molecule has 0 unspecified atom stereocenters. The average molecular weight is 343 g/mol. The molecule has 0 spiro atoms. The van der Waals surface area contributed by atoms with E-state index in [0.29, 0.717) is 23.6 Å². The van der Waals surface area contributed by atoms with Gasteiger partial charge < -0.3 is 10.2 Å². The normalized spacial score (nSPS) is 17.2. The second kappa shape index (κ2) is 6.65. The van der Waals surface area contributed by atoms with E-state index in [9.17, 15) is 9.59 Å². The zero-order valence-electron chi connectivity index (χ0n) is 13.7. The number of hydrogen-bond acceptors (Lipinski definition) is 2. The topological polar surface area (TPSA) is 49.4 Å². The standard InChI is InChI=1S/C19H19ClN2O2/c1-12-3-8-17(9-13(12)2)22-11-16(10-18(22)23)21-19(24)14-4-6-15(20)7-5-14/h3-9,16H,10-11H2,1-2H3,(H,21,24)/t16-/m1/s1. The highest BCUT2D eigenvalue weighted by Crippen LogP contribution is 2.24. The molecule has 124 valence electrons. The molecule has 1 aliphatic rings. The minimum atomic E-state index is -0.192.